The molecule has 2 N–H and O–H groups in total. The summed E-state index contributed by atoms with van der Waals surface area (Å²) in [5.41, 5.74) is 2.55. The van der Waals surface area contributed by atoms with Crippen LogP contribution in [0.2, 0.25) is 0 Å². The van der Waals surface area contributed by atoms with Gasteiger partial charge in [0.1, 0.15) is 0 Å². The van der Waals surface area contributed by atoms with Crippen LogP contribution in [0.3, 0.4) is 0 Å². The van der Waals surface area contributed by atoms with Gasteiger partial charge in [-0.05, 0) is 64.2 Å². The molecule has 0 bridgehead atoms. The highest BCUT2D eigenvalue weighted by Gasteiger charge is 2.37. The predicted octanol–water partition coefficient (Wildman–Crippen LogP) is 4.46. The van der Waals surface area contributed by atoms with Gasteiger partial charge in [0, 0.05) is 12.0 Å². The summed E-state index contributed by atoms with van der Waals surface area (Å²) >= 11 is 0. The van der Waals surface area contributed by atoms with Crippen molar-refractivity contribution in [1.82, 2.24) is 9.55 Å². The fourth-order valence-corrected chi connectivity index (χ4v) is 3.52. The molecule has 2 aromatic rings. The summed E-state index contributed by atoms with van der Waals surface area (Å²) in [6.07, 6.45) is 4.37. The highest BCUT2D eigenvalue weighted by Crippen LogP contribution is 2.43. The largest absolute Gasteiger partial charge is 0.386 e. The minimum atomic E-state index is -0.925. The normalized spacial score (nSPS) is 16.3. The first-order valence-electron chi connectivity index (χ1n) is 9.36. The lowest BCUT2D eigenvalue weighted by Crippen LogP contribution is -2.38. The van der Waals surface area contributed by atoms with Gasteiger partial charge in [0.25, 0.3) is 0 Å². The van der Waals surface area contributed by atoms with Gasteiger partial charge >= 0.3 is 0 Å². The molecule has 1 amide bonds. The predicted molar refractivity (Wildman–Crippen MR) is 105 cm³/mol. The van der Waals surface area contributed by atoms with Crippen LogP contribution in [0, 0.1) is 0 Å². The van der Waals surface area contributed by atoms with Crippen molar-refractivity contribution in [3.8, 4) is 0 Å². The van der Waals surface area contributed by atoms with Gasteiger partial charge in [-0.25, -0.2) is 4.98 Å². The van der Waals surface area contributed by atoms with Crippen LogP contribution >= 0.6 is 0 Å². The maximum atomic E-state index is 12.4. The Balaban J connectivity index is 2.06. The fraction of sp³-hybridized carbons (Fsp3) is 0.524. The molecule has 5 nitrogen and oxygen atoms in total. The molecule has 1 aromatic heterocycles. The van der Waals surface area contributed by atoms with Gasteiger partial charge in [-0.1, -0.05) is 25.1 Å². The van der Waals surface area contributed by atoms with E-state index in [1.165, 1.54) is 6.42 Å². The molecule has 140 valence electrons. The van der Waals surface area contributed by atoms with Crippen LogP contribution in [-0.2, 0) is 15.9 Å². The van der Waals surface area contributed by atoms with E-state index in [4.69, 9.17) is 0 Å². The van der Waals surface area contributed by atoms with Crippen LogP contribution in [0.15, 0.2) is 30.4 Å². The molecule has 0 radical (unpaired) electrons. The number of amides is 1. The minimum Gasteiger partial charge on any atom is -0.386 e. The van der Waals surface area contributed by atoms with Crippen molar-refractivity contribution >= 4 is 22.9 Å². The van der Waals surface area contributed by atoms with Crippen LogP contribution in [-0.4, -0.2) is 20.6 Å². The third-order valence-electron chi connectivity index (χ3n) is 5.49. The summed E-state index contributed by atoms with van der Waals surface area (Å²) in [6.45, 7) is 11.7. The van der Waals surface area contributed by atoms with Gasteiger partial charge in [0.15, 0.2) is 0 Å². The van der Waals surface area contributed by atoms with E-state index in [1.54, 1.807) is 13.8 Å². The number of nitrogens with zero attached hydrogens (tertiary/aromatic N) is 2. The smallest absolute Gasteiger partial charge is 0.230 e. The van der Waals surface area contributed by atoms with Gasteiger partial charge in [-0.3, -0.25) is 10.1 Å². The number of hydrogen-bond donors (Lipinski definition) is 2. The molecule has 0 atom stereocenters. The van der Waals surface area contributed by atoms with Gasteiger partial charge in [0.05, 0.1) is 16.6 Å². The summed E-state index contributed by atoms with van der Waals surface area (Å²) in [4.78, 5) is 17.1. The number of benzene rings is 1. The summed E-state index contributed by atoms with van der Waals surface area (Å²) in [5.74, 6) is 0.503. The molecule has 1 aromatic carbocycles. The first-order valence-corrected chi connectivity index (χ1v) is 9.36. The van der Waals surface area contributed by atoms with Gasteiger partial charge in [-0.2, -0.15) is 0 Å². The van der Waals surface area contributed by atoms with E-state index >= 15 is 0 Å². The van der Waals surface area contributed by atoms with Crippen LogP contribution in [0.4, 0.5) is 5.95 Å². The molecule has 0 aliphatic heterocycles. The zero-order valence-electron chi connectivity index (χ0n) is 16.2. The Labute approximate surface area is 155 Å². The molecule has 26 heavy (non-hydrogen) atoms. The Hall–Kier alpha value is -2.14. The topological polar surface area (TPSA) is 67.2 Å². The zero-order chi connectivity index (χ0) is 19.1. The second-order valence-electron chi connectivity index (χ2n) is 8.21. The fourth-order valence-electron chi connectivity index (χ4n) is 3.52. The monoisotopic (exact) mass is 355 g/mol. The van der Waals surface area contributed by atoms with Crippen molar-refractivity contribution in [3.05, 3.63) is 35.9 Å². The van der Waals surface area contributed by atoms with Gasteiger partial charge in [-0.15, -0.1) is 0 Å². The molecule has 0 spiro atoms. The van der Waals surface area contributed by atoms with E-state index in [2.05, 4.69) is 28.4 Å². The summed E-state index contributed by atoms with van der Waals surface area (Å²) in [7, 11) is 0. The third kappa shape index (κ3) is 3.40. The number of anilines is 1. The van der Waals surface area contributed by atoms with Crippen molar-refractivity contribution in [2.24, 2.45) is 0 Å². The number of carbonyl (C=O) groups is 1. The number of hydrogen-bond acceptors (Lipinski definition) is 3. The number of carbonyl (C=O) groups excluding carboxylic acids is 1. The Kier molecular flexibility index (Phi) is 4.69. The summed E-state index contributed by atoms with van der Waals surface area (Å²) in [6, 6.07) is 5.81. The highest BCUT2D eigenvalue weighted by molar-refractivity contribution is 5.93. The summed E-state index contributed by atoms with van der Waals surface area (Å²) in [5, 5.41) is 13.4. The molecule has 1 saturated carbocycles. The Morgan fingerprint density at radius 2 is 2.12 bits per heavy atom. The first-order chi connectivity index (χ1) is 12.1. The van der Waals surface area contributed by atoms with Crippen molar-refractivity contribution < 1.29 is 9.90 Å². The van der Waals surface area contributed by atoms with Crippen molar-refractivity contribution in [1.29, 1.82) is 0 Å². The van der Waals surface area contributed by atoms with Crippen LogP contribution in [0.25, 0.3) is 11.0 Å². The van der Waals surface area contributed by atoms with Gasteiger partial charge in [0.2, 0.25) is 11.9 Å². The van der Waals surface area contributed by atoms with Crippen LogP contribution in [0.1, 0.15) is 65.4 Å². The Bertz CT molecular complexity index is 854. The average Bonchev–Trinajstić information content (AvgIpc) is 2.88. The quantitative estimate of drug-likeness (QED) is 0.752. The first kappa shape index (κ1) is 18.6. The molecule has 5 heteroatoms. The van der Waals surface area contributed by atoms with E-state index in [9.17, 15) is 9.90 Å². The van der Waals surface area contributed by atoms with Crippen molar-refractivity contribution in [2.45, 2.75) is 70.9 Å². The minimum absolute atomic E-state index is 0.0582. The molecule has 1 aliphatic carbocycles. The number of aromatic nitrogens is 2. The molecule has 0 saturated heterocycles. The number of rotatable bonds is 6. The lowest BCUT2D eigenvalue weighted by Gasteiger charge is -2.41. The van der Waals surface area contributed by atoms with E-state index in [0.29, 0.717) is 12.4 Å². The standard InChI is InChI=1S/C21H29N3O2/c1-6-14(2)12-18(25)23-19-22-16-9-8-15(20(3,4)26)13-17(16)24(19)21(5)10-7-11-21/h8-9,13,26H,2,6-7,10-12H2,1,3-5H3,(H,22,23,25). The second-order valence-corrected chi connectivity index (χ2v) is 8.21. The number of nitrogens with one attached hydrogen (secondary N) is 1. The lowest BCUT2D eigenvalue weighted by molar-refractivity contribution is -0.115. The number of imidazole rings is 1. The summed E-state index contributed by atoms with van der Waals surface area (Å²) < 4.78 is 2.15. The number of aliphatic hydroxyl groups is 1. The molecular weight excluding hydrogens is 326 g/mol. The maximum absolute atomic E-state index is 12.4. The SMILES string of the molecule is C=C(CC)CC(=O)Nc1nc2ccc(C(C)(C)O)cc2n1C1(C)CCC1. The molecule has 3 rings (SSSR count). The van der Waals surface area contributed by atoms with Crippen LogP contribution < -0.4 is 5.32 Å². The zero-order valence-corrected chi connectivity index (χ0v) is 16.2. The second kappa shape index (κ2) is 6.54. The van der Waals surface area contributed by atoms with E-state index in [1.807, 2.05) is 25.1 Å². The van der Waals surface area contributed by atoms with Gasteiger partial charge < -0.3 is 9.67 Å². The van der Waals surface area contributed by atoms with Crippen molar-refractivity contribution in [3.63, 3.8) is 0 Å². The maximum Gasteiger partial charge on any atom is 0.230 e. The van der Waals surface area contributed by atoms with E-state index in [0.717, 1.165) is 41.4 Å². The molecule has 1 fully saturated rings. The third-order valence-corrected chi connectivity index (χ3v) is 5.49. The Morgan fingerprint density at radius 1 is 1.42 bits per heavy atom. The molecule has 0 unspecified atom stereocenters. The van der Waals surface area contributed by atoms with Crippen LogP contribution in [0.5, 0.6) is 0 Å². The highest BCUT2D eigenvalue weighted by atomic mass is 16.3. The molecule has 1 heterocycles. The average molecular weight is 355 g/mol. The van der Waals surface area contributed by atoms with E-state index < -0.39 is 5.60 Å². The molecule has 1 aliphatic rings. The van der Waals surface area contributed by atoms with E-state index in [-0.39, 0.29) is 11.4 Å². The number of fused-ring (bicyclic) bond motifs is 1. The lowest BCUT2D eigenvalue weighted by atomic mass is 9.78. The van der Waals surface area contributed by atoms with Crippen molar-refractivity contribution in [2.75, 3.05) is 5.32 Å². The molecular formula is C21H29N3O2. The Morgan fingerprint density at radius 3 is 2.65 bits per heavy atom.